The molecule has 0 bridgehead atoms. The zero-order chi connectivity index (χ0) is 14.1. The van der Waals surface area contributed by atoms with E-state index < -0.39 is 0 Å². The standard InChI is InChI=1S/C16H28N2O2/c1-11-6-7-12(17)10-13(11)16(19)18-8-9-20-15-5-3-2-4-14(15)18/h11-15H,2-10,17H2,1H3. The van der Waals surface area contributed by atoms with E-state index in [1.165, 1.54) is 12.8 Å². The average Bonchev–Trinajstić information content (AvgIpc) is 2.48. The Morgan fingerprint density at radius 3 is 2.85 bits per heavy atom. The van der Waals surface area contributed by atoms with E-state index in [9.17, 15) is 4.79 Å². The third-order valence-corrected chi connectivity index (χ3v) is 5.57. The lowest BCUT2D eigenvalue weighted by Crippen LogP contribution is -2.57. The Balaban J connectivity index is 1.71. The summed E-state index contributed by atoms with van der Waals surface area (Å²) < 4.78 is 5.88. The van der Waals surface area contributed by atoms with Crippen molar-refractivity contribution in [3.8, 4) is 0 Å². The van der Waals surface area contributed by atoms with Crippen molar-refractivity contribution in [3.63, 3.8) is 0 Å². The fraction of sp³-hybridized carbons (Fsp3) is 0.938. The number of hydrogen-bond donors (Lipinski definition) is 1. The summed E-state index contributed by atoms with van der Waals surface area (Å²) >= 11 is 0. The topological polar surface area (TPSA) is 55.6 Å². The third-order valence-electron chi connectivity index (χ3n) is 5.57. The Labute approximate surface area is 122 Å². The minimum atomic E-state index is 0.138. The number of rotatable bonds is 1. The zero-order valence-electron chi connectivity index (χ0n) is 12.6. The Morgan fingerprint density at radius 2 is 2.00 bits per heavy atom. The Kier molecular flexibility index (Phi) is 4.32. The van der Waals surface area contributed by atoms with E-state index in [1.54, 1.807) is 0 Å². The van der Waals surface area contributed by atoms with Crippen molar-refractivity contribution in [2.45, 2.75) is 70.1 Å². The summed E-state index contributed by atoms with van der Waals surface area (Å²) in [7, 11) is 0. The molecule has 0 spiro atoms. The van der Waals surface area contributed by atoms with Gasteiger partial charge < -0.3 is 15.4 Å². The number of morpholine rings is 1. The molecule has 4 heteroatoms. The van der Waals surface area contributed by atoms with Gasteiger partial charge in [-0.3, -0.25) is 4.79 Å². The van der Waals surface area contributed by atoms with E-state index in [1.807, 2.05) is 0 Å². The molecule has 3 rings (SSSR count). The van der Waals surface area contributed by atoms with Crippen molar-refractivity contribution < 1.29 is 9.53 Å². The molecule has 2 N–H and O–H groups in total. The molecule has 3 aliphatic rings. The van der Waals surface area contributed by atoms with Gasteiger partial charge >= 0.3 is 0 Å². The molecule has 0 aromatic rings. The van der Waals surface area contributed by atoms with Gasteiger partial charge in [-0.15, -0.1) is 0 Å². The molecule has 4 nitrogen and oxygen atoms in total. The van der Waals surface area contributed by atoms with Crippen LogP contribution in [0.25, 0.3) is 0 Å². The zero-order valence-corrected chi connectivity index (χ0v) is 12.6. The van der Waals surface area contributed by atoms with Crippen LogP contribution < -0.4 is 5.73 Å². The van der Waals surface area contributed by atoms with Crippen LogP contribution in [0.1, 0.15) is 51.9 Å². The van der Waals surface area contributed by atoms with Crippen molar-refractivity contribution in [3.05, 3.63) is 0 Å². The van der Waals surface area contributed by atoms with E-state index in [-0.39, 0.29) is 18.1 Å². The molecule has 5 atom stereocenters. The van der Waals surface area contributed by atoms with E-state index in [0.29, 0.717) is 24.5 Å². The van der Waals surface area contributed by atoms with Gasteiger partial charge in [0, 0.05) is 18.5 Å². The summed E-state index contributed by atoms with van der Waals surface area (Å²) in [6.07, 6.45) is 8.03. The molecule has 1 saturated heterocycles. The van der Waals surface area contributed by atoms with Gasteiger partial charge in [0.25, 0.3) is 0 Å². The Morgan fingerprint density at radius 1 is 1.20 bits per heavy atom. The number of nitrogens with zero attached hydrogens (tertiary/aromatic N) is 1. The number of carbonyl (C=O) groups excluding carboxylic acids is 1. The first-order valence-electron chi connectivity index (χ1n) is 8.34. The molecular weight excluding hydrogens is 252 g/mol. The number of fused-ring (bicyclic) bond motifs is 1. The molecular formula is C16H28N2O2. The van der Waals surface area contributed by atoms with E-state index >= 15 is 0 Å². The summed E-state index contributed by atoms with van der Waals surface area (Å²) in [5, 5.41) is 0. The lowest BCUT2D eigenvalue weighted by atomic mass is 9.77. The lowest BCUT2D eigenvalue weighted by Gasteiger charge is -2.46. The highest BCUT2D eigenvalue weighted by atomic mass is 16.5. The van der Waals surface area contributed by atoms with Gasteiger partial charge in [-0.25, -0.2) is 0 Å². The van der Waals surface area contributed by atoms with Crippen LogP contribution in [-0.2, 0) is 9.53 Å². The summed E-state index contributed by atoms with van der Waals surface area (Å²) in [6.45, 7) is 3.70. The predicted octanol–water partition coefficient (Wildman–Crippen LogP) is 1.92. The molecule has 2 saturated carbocycles. The highest BCUT2D eigenvalue weighted by molar-refractivity contribution is 5.80. The van der Waals surface area contributed by atoms with Gasteiger partial charge in [-0.05, 0) is 38.0 Å². The van der Waals surface area contributed by atoms with E-state index in [2.05, 4.69) is 11.8 Å². The smallest absolute Gasteiger partial charge is 0.226 e. The summed E-state index contributed by atoms with van der Waals surface area (Å²) in [5.41, 5.74) is 6.09. The molecule has 0 aromatic carbocycles. The van der Waals surface area contributed by atoms with Crippen LogP contribution in [0.2, 0.25) is 0 Å². The number of amides is 1. The monoisotopic (exact) mass is 280 g/mol. The lowest BCUT2D eigenvalue weighted by molar-refractivity contribution is -0.156. The maximum absolute atomic E-state index is 13.0. The summed E-state index contributed by atoms with van der Waals surface area (Å²) in [4.78, 5) is 15.1. The minimum absolute atomic E-state index is 0.138. The molecule has 5 unspecified atom stereocenters. The number of carbonyl (C=O) groups is 1. The van der Waals surface area contributed by atoms with Crippen molar-refractivity contribution in [2.24, 2.45) is 17.6 Å². The van der Waals surface area contributed by atoms with Crippen LogP contribution >= 0.6 is 0 Å². The van der Waals surface area contributed by atoms with E-state index in [0.717, 1.165) is 38.6 Å². The molecule has 0 radical (unpaired) electrons. The average molecular weight is 280 g/mol. The number of hydrogen-bond acceptors (Lipinski definition) is 3. The second-order valence-corrected chi connectivity index (χ2v) is 6.95. The predicted molar refractivity (Wildman–Crippen MR) is 78.2 cm³/mol. The highest BCUT2D eigenvalue weighted by Crippen LogP contribution is 2.34. The fourth-order valence-electron chi connectivity index (χ4n) is 4.28. The molecule has 114 valence electrons. The highest BCUT2D eigenvalue weighted by Gasteiger charge is 2.41. The van der Waals surface area contributed by atoms with Crippen molar-refractivity contribution in [1.82, 2.24) is 4.90 Å². The minimum Gasteiger partial charge on any atom is -0.374 e. The van der Waals surface area contributed by atoms with Crippen molar-refractivity contribution in [2.75, 3.05) is 13.2 Å². The Hall–Kier alpha value is -0.610. The van der Waals surface area contributed by atoms with Gasteiger partial charge in [-0.1, -0.05) is 19.8 Å². The molecule has 0 aromatic heterocycles. The van der Waals surface area contributed by atoms with Gasteiger partial charge in [0.1, 0.15) is 0 Å². The van der Waals surface area contributed by atoms with Crippen LogP contribution in [0.4, 0.5) is 0 Å². The number of ether oxygens (including phenoxy) is 1. The van der Waals surface area contributed by atoms with Gasteiger partial charge in [0.05, 0.1) is 18.8 Å². The second-order valence-electron chi connectivity index (χ2n) is 6.95. The second kappa shape index (κ2) is 6.02. The molecule has 1 aliphatic heterocycles. The quantitative estimate of drug-likeness (QED) is 0.798. The maximum Gasteiger partial charge on any atom is 0.226 e. The molecule has 3 fully saturated rings. The van der Waals surface area contributed by atoms with Gasteiger partial charge in [-0.2, -0.15) is 0 Å². The van der Waals surface area contributed by atoms with Crippen LogP contribution in [0.5, 0.6) is 0 Å². The third kappa shape index (κ3) is 2.73. The first kappa shape index (κ1) is 14.3. The van der Waals surface area contributed by atoms with Crippen molar-refractivity contribution in [1.29, 1.82) is 0 Å². The molecule has 1 amide bonds. The molecule has 1 heterocycles. The SMILES string of the molecule is CC1CCC(N)CC1C(=O)N1CCOC2CCCCC21. The van der Waals surface area contributed by atoms with Crippen LogP contribution in [0.15, 0.2) is 0 Å². The normalized spacial score (nSPS) is 42.1. The first-order valence-corrected chi connectivity index (χ1v) is 8.34. The molecule has 20 heavy (non-hydrogen) atoms. The number of nitrogens with two attached hydrogens (primary N) is 1. The van der Waals surface area contributed by atoms with Crippen LogP contribution in [0, 0.1) is 11.8 Å². The van der Waals surface area contributed by atoms with Crippen LogP contribution in [-0.4, -0.2) is 42.1 Å². The maximum atomic E-state index is 13.0. The summed E-state index contributed by atoms with van der Waals surface area (Å²) in [6, 6.07) is 0.540. The van der Waals surface area contributed by atoms with E-state index in [4.69, 9.17) is 10.5 Å². The first-order chi connectivity index (χ1) is 9.66. The summed E-state index contributed by atoms with van der Waals surface area (Å²) in [5.74, 6) is 0.972. The largest absolute Gasteiger partial charge is 0.374 e. The van der Waals surface area contributed by atoms with Crippen molar-refractivity contribution >= 4 is 5.91 Å². The van der Waals surface area contributed by atoms with Gasteiger partial charge in [0.2, 0.25) is 5.91 Å². The van der Waals surface area contributed by atoms with Gasteiger partial charge in [0.15, 0.2) is 0 Å². The molecule has 2 aliphatic carbocycles. The fourth-order valence-corrected chi connectivity index (χ4v) is 4.28. The Bertz CT molecular complexity index is 358. The van der Waals surface area contributed by atoms with Crippen LogP contribution in [0.3, 0.4) is 0 Å².